The largest absolute Gasteiger partial charge is 0.417 e. The summed E-state index contributed by atoms with van der Waals surface area (Å²) in [5.74, 6) is -0.527. The number of hydrogen-bond donors (Lipinski definition) is 2. The quantitative estimate of drug-likeness (QED) is 0.711. The molecule has 0 radical (unpaired) electrons. The van der Waals surface area contributed by atoms with Crippen molar-refractivity contribution in [1.82, 2.24) is 5.32 Å². The highest BCUT2D eigenvalue weighted by atomic mass is 79.9. The van der Waals surface area contributed by atoms with Crippen LogP contribution in [0.2, 0.25) is 0 Å². The van der Waals surface area contributed by atoms with Gasteiger partial charge in [-0.05, 0) is 24.6 Å². The molecule has 0 heterocycles. The molecule has 2 amide bonds. The van der Waals surface area contributed by atoms with Crippen LogP contribution in [0.25, 0.3) is 0 Å². The van der Waals surface area contributed by atoms with Crippen LogP contribution >= 0.6 is 15.9 Å². The molecule has 1 aromatic rings. The molecule has 0 aromatic heterocycles. The smallest absolute Gasteiger partial charge is 0.356 e. The van der Waals surface area contributed by atoms with Gasteiger partial charge >= 0.3 is 6.18 Å². The fourth-order valence-corrected chi connectivity index (χ4v) is 2.23. The van der Waals surface area contributed by atoms with Crippen LogP contribution in [0.15, 0.2) is 22.7 Å². The van der Waals surface area contributed by atoms with E-state index in [0.717, 1.165) is 6.07 Å². The SMILES string of the molecule is CC(C)(C)C(=O)NCCCC(=O)Nc1ccc(Br)c(C(F)(F)F)c1. The number of rotatable bonds is 5. The Morgan fingerprint density at radius 3 is 2.33 bits per heavy atom. The predicted molar refractivity (Wildman–Crippen MR) is 89.5 cm³/mol. The van der Waals surface area contributed by atoms with E-state index in [-0.39, 0.29) is 22.5 Å². The Bertz CT molecular complexity index is 610. The van der Waals surface area contributed by atoms with Crippen LogP contribution in [0, 0.1) is 5.41 Å². The van der Waals surface area contributed by atoms with Crippen molar-refractivity contribution in [2.24, 2.45) is 5.41 Å². The Labute approximate surface area is 147 Å². The Hall–Kier alpha value is -1.57. The molecule has 0 saturated carbocycles. The number of carbonyl (C=O) groups excluding carboxylic acids is 2. The number of anilines is 1. The minimum Gasteiger partial charge on any atom is -0.356 e. The van der Waals surface area contributed by atoms with E-state index < -0.39 is 23.1 Å². The number of benzene rings is 1. The molecule has 0 atom stereocenters. The first-order valence-electron chi connectivity index (χ1n) is 7.36. The summed E-state index contributed by atoms with van der Waals surface area (Å²) in [6.07, 6.45) is -4.01. The molecule has 0 saturated heterocycles. The molecule has 1 rings (SSSR count). The minimum atomic E-state index is -4.50. The highest BCUT2D eigenvalue weighted by Crippen LogP contribution is 2.36. The second-order valence-corrected chi connectivity index (χ2v) is 7.20. The topological polar surface area (TPSA) is 58.2 Å². The summed E-state index contributed by atoms with van der Waals surface area (Å²) in [4.78, 5) is 23.4. The molecule has 24 heavy (non-hydrogen) atoms. The highest BCUT2D eigenvalue weighted by Gasteiger charge is 2.33. The number of alkyl halides is 3. The molecule has 0 unspecified atom stereocenters. The van der Waals surface area contributed by atoms with Gasteiger partial charge in [0.15, 0.2) is 0 Å². The van der Waals surface area contributed by atoms with E-state index in [1.807, 2.05) is 0 Å². The molecule has 0 bridgehead atoms. The van der Waals surface area contributed by atoms with Crippen LogP contribution in [0.1, 0.15) is 39.2 Å². The molecular weight excluding hydrogens is 389 g/mol. The lowest BCUT2D eigenvalue weighted by Crippen LogP contribution is -2.35. The zero-order valence-corrected chi connectivity index (χ0v) is 15.3. The first kappa shape index (κ1) is 20.5. The van der Waals surface area contributed by atoms with Gasteiger partial charge in [-0.3, -0.25) is 9.59 Å². The molecule has 8 heteroatoms. The lowest BCUT2D eigenvalue weighted by molar-refractivity contribution is -0.138. The lowest BCUT2D eigenvalue weighted by atomic mass is 9.96. The van der Waals surface area contributed by atoms with Crippen molar-refractivity contribution in [3.8, 4) is 0 Å². The van der Waals surface area contributed by atoms with Gasteiger partial charge in [0.25, 0.3) is 0 Å². The third-order valence-corrected chi connectivity index (χ3v) is 3.79. The third kappa shape index (κ3) is 6.51. The van der Waals surface area contributed by atoms with E-state index in [4.69, 9.17) is 0 Å². The monoisotopic (exact) mass is 408 g/mol. The van der Waals surface area contributed by atoms with Gasteiger partial charge in [0.1, 0.15) is 0 Å². The maximum absolute atomic E-state index is 12.8. The number of amides is 2. The molecule has 0 spiro atoms. The second kappa shape index (κ2) is 8.00. The van der Waals surface area contributed by atoms with E-state index in [0.29, 0.717) is 13.0 Å². The maximum atomic E-state index is 12.8. The predicted octanol–water partition coefficient (Wildman–Crippen LogP) is 4.35. The van der Waals surface area contributed by atoms with Crippen molar-refractivity contribution in [2.75, 3.05) is 11.9 Å². The van der Waals surface area contributed by atoms with Crippen LogP contribution in [0.5, 0.6) is 0 Å². The van der Waals surface area contributed by atoms with Crippen LogP contribution in [-0.2, 0) is 15.8 Å². The average molecular weight is 409 g/mol. The molecule has 1 aromatic carbocycles. The van der Waals surface area contributed by atoms with Crippen molar-refractivity contribution >= 4 is 33.4 Å². The van der Waals surface area contributed by atoms with E-state index in [2.05, 4.69) is 26.6 Å². The van der Waals surface area contributed by atoms with Gasteiger partial charge in [0.2, 0.25) is 11.8 Å². The van der Waals surface area contributed by atoms with Crippen molar-refractivity contribution in [1.29, 1.82) is 0 Å². The van der Waals surface area contributed by atoms with E-state index in [9.17, 15) is 22.8 Å². The minimum absolute atomic E-state index is 0.0780. The zero-order chi connectivity index (χ0) is 18.5. The van der Waals surface area contributed by atoms with Crippen molar-refractivity contribution < 1.29 is 22.8 Å². The van der Waals surface area contributed by atoms with Crippen molar-refractivity contribution in [3.63, 3.8) is 0 Å². The number of nitrogens with one attached hydrogen (secondary N) is 2. The Balaban J connectivity index is 2.50. The van der Waals surface area contributed by atoms with Crippen LogP contribution in [0.3, 0.4) is 0 Å². The molecule has 0 aliphatic rings. The maximum Gasteiger partial charge on any atom is 0.417 e. The summed E-state index contributed by atoms with van der Waals surface area (Å²) < 4.78 is 38.3. The summed E-state index contributed by atoms with van der Waals surface area (Å²) in [5, 5.41) is 5.13. The zero-order valence-electron chi connectivity index (χ0n) is 13.7. The molecule has 0 aliphatic carbocycles. The van der Waals surface area contributed by atoms with Crippen molar-refractivity contribution in [3.05, 3.63) is 28.2 Å². The van der Waals surface area contributed by atoms with Gasteiger partial charge in [0.05, 0.1) is 5.56 Å². The van der Waals surface area contributed by atoms with Crippen molar-refractivity contribution in [2.45, 2.75) is 39.8 Å². The Morgan fingerprint density at radius 2 is 1.79 bits per heavy atom. The summed E-state index contributed by atoms with van der Waals surface area (Å²) in [5.41, 5.74) is -1.28. The van der Waals surface area contributed by atoms with Gasteiger partial charge in [-0.15, -0.1) is 0 Å². The summed E-state index contributed by atoms with van der Waals surface area (Å²) in [7, 11) is 0. The highest BCUT2D eigenvalue weighted by molar-refractivity contribution is 9.10. The third-order valence-electron chi connectivity index (χ3n) is 3.10. The Kier molecular flexibility index (Phi) is 6.83. The number of hydrogen-bond acceptors (Lipinski definition) is 2. The van der Waals surface area contributed by atoms with Crippen LogP contribution in [0.4, 0.5) is 18.9 Å². The number of carbonyl (C=O) groups is 2. The van der Waals surface area contributed by atoms with Crippen LogP contribution < -0.4 is 10.6 Å². The van der Waals surface area contributed by atoms with E-state index in [1.165, 1.54) is 12.1 Å². The lowest BCUT2D eigenvalue weighted by Gasteiger charge is -2.17. The van der Waals surface area contributed by atoms with Gasteiger partial charge in [-0.2, -0.15) is 13.2 Å². The molecule has 0 fully saturated rings. The second-order valence-electron chi connectivity index (χ2n) is 6.35. The molecule has 0 aliphatic heterocycles. The Morgan fingerprint density at radius 1 is 1.17 bits per heavy atom. The first-order valence-corrected chi connectivity index (χ1v) is 8.15. The fraction of sp³-hybridized carbons (Fsp3) is 0.500. The first-order chi connectivity index (χ1) is 10.9. The van der Waals surface area contributed by atoms with Gasteiger partial charge in [0, 0.05) is 28.5 Å². The van der Waals surface area contributed by atoms with Crippen LogP contribution in [-0.4, -0.2) is 18.4 Å². The molecule has 134 valence electrons. The summed E-state index contributed by atoms with van der Waals surface area (Å²) in [6, 6.07) is 3.50. The molecule has 2 N–H and O–H groups in total. The normalized spacial score (nSPS) is 12.0. The summed E-state index contributed by atoms with van der Waals surface area (Å²) in [6.45, 7) is 5.67. The fourth-order valence-electron chi connectivity index (χ4n) is 1.76. The van der Waals surface area contributed by atoms with Gasteiger partial charge in [-0.1, -0.05) is 36.7 Å². The van der Waals surface area contributed by atoms with E-state index in [1.54, 1.807) is 20.8 Å². The number of halogens is 4. The standard InChI is InChI=1S/C16H20BrF3N2O2/c1-15(2,3)14(24)21-8-4-5-13(23)22-10-6-7-12(17)11(9-10)16(18,19)20/h6-7,9H,4-5,8H2,1-3H3,(H,21,24)(H,22,23). The van der Waals surface area contributed by atoms with E-state index >= 15 is 0 Å². The van der Waals surface area contributed by atoms with Gasteiger partial charge < -0.3 is 10.6 Å². The molecular formula is C16H20BrF3N2O2. The average Bonchev–Trinajstić information content (AvgIpc) is 2.43. The van der Waals surface area contributed by atoms with Gasteiger partial charge in [-0.25, -0.2) is 0 Å². The molecule has 4 nitrogen and oxygen atoms in total. The summed E-state index contributed by atoms with van der Waals surface area (Å²) >= 11 is 2.84.